The molecule has 0 radical (unpaired) electrons. The Balaban J connectivity index is 2.23. The summed E-state index contributed by atoms with van der Waals surface area (Å²) in [5.74, 6) is -0.114. The van der Waals surface area contributed by atoms with Gasteiger partial charge in [-0.15, -0.1) is 0 Å². The number of nitrogens with zero attached hydrogens (tertiary/aromatic N) is 1. The maximum Gasteiger partial charge on any atom is 0.303 e. The van der Waals surface area contributed by atoms with Gasteiger partial charge in [-0.3, -0.25) is 9.59 Å². The number of amides is 1. The Labute approximate surface area is 96.6 Å². The van der Waals surface area contributed by atoms with Crippen molar-refractivity contribution in [3.05, 3.63) is 0 Å². The first-order chi connectivity index (χ1) is 7.63. The van der Waals surface area contributed by atoms with Crippen LogP contribution in [0.15, 0.2) is 0 Å². The summed E-state index contributed by atoms with van der Waals surface area (Å²) in [6.07, 6.45) is 4.53. The van der Waals surface area contributed by atoms with E-state index in [1.165, 1.54) is 0 Å². The predicted molar refractivity (Wildman–Crippen MR) is 61.1 cm³/mol. The van der Waals surface area contributed by atoms with E-state index in [9.17, 15) is 9.59 Å². The molecule has 0 aromatic carbocycles. The Morgan fingerprint density at radius 3 is 2.75 bits per heavy atom. The Hall–Kier alpha value is -1.06. The van der Waals surface area contributed by atoms with Gasteiger partial charge in [0.2, 0.25) is 5.91 Å². The summed E-state index contributed by atoms with van der Waals surface area (Å²) >= 11 is 0. The number of carboxylic acid groups (broad SMARTS) is 1. The van der Waals surface area contributed by atoms with Crippen LogP contribution >= 0.6 is 0 Å². The zero-order valence-electron chi connectivity index (χ0n) is 9.95. The lowest BCUT2D eigenvalue weighted by molar-refractivity contribution is -0.137. The van der Waals surface area contributed by atoms with Gasteiger partial charge < -0.3 is 10.0 Å². The van der Waals surface area contributed by atoms with Gasteiger partial charge in [-0.25, -0.2) is 0 Å². The molecule has 0 bridgehead atoms. The van der Waals surface area contributed by atoms with Crippen molar-refractivity contribution in [2.75, 3.05) is 13.1 Å². The van der Waals surface area contributed by atoms with E-state index in [0.717, 1.165) is 32.4 Å². The fraction of sp³-hybridized carbons (Fsp3) is 0.833. The molecule has 0 aromatic heterocycles. The first kappa shape index (κ1) is 13.0. The maximum absolute atomic E-state index is 11.7. The van der Waals surface area contributed by atoms with E-state index in [1.54, 1.807) is 0 Å². The van der Waals surface area contributed by atoms with Crippen LogP contribution in [0.4, 0.5) is 0 Å². The van der Waals surface area contributed by atoms with Crippen LogP contribution in [0, 0.1) is 5.92 Å². The SMILES string of the molecule is CCCCC(=O)N1CCC(CCC(=O)O)C1. The molecule has 4 nitrogen and oxygen atoms in total. The lowest BCUT2D eigenvalue weighted by Gasteiger charge is -2.16. The standard InChI is InChI=1S/C12H21NO3/c1-2-3-4-11(14)13-8-7-10(9-13)5-6-12(15)16/h10H,2-9H2,1H3,(H,15,16). The Morgan fingerprint density at radius 1 is 1.38 bits per heavy atom. The van der Waals surface area contributed by atoms with Crippen LogP contribution in [0.5, 0.6) is 0 Å². The van der Waals surface area contributed by atoms with Crippen molar-refractivity contribution in [2.24, 2.45) is 5.92 Å². The van der Waals surface area contributed by atoms with Crippen molar-refractivity contribution in [1.29, 1.82) is 0 Å². The van der Waals surface area contributed by atoms with Crippen LogP contribution in [0.3, 0.4) is 0 Å². The van der Waals surface area contributed by atoms with Crippen LogP contribution in [-0.2, 0) is 9.59 Å². The summed E-state index contributed by atoms with van der Waals surface area (Å²) < 4.78 is 0. The summed E-state index contributed by atoms with van der Waals surface area (Å²) in [6.45, 7) is 3.65. The first-order valence-electron chi connectivity index (χ1n) is 6.13. The molecule has 1 aliphatic rings. The zero-order valence-corrected chi connectivity index (χ0v) is 9.95. The molecule has 1 aliphatic heterocycles. The molecule has 4 heteroatoms. The number of aliphatic carboxylic acids is 1. The molecule has 92 valence electrons. The molecule has 1 N–H and O–H groups in total. The van der Waals surface area contributed by atoms with Gasteiger partial charge in [-0.1, -0.05) is 13.3 Å². The van der Waals surface area contributed by atoms with Crippen molar-refractivity contribution in [1.82, 2.24) is 4.90 Å². The van der Waals surface area contributed by atoms with E-state index in [0.29, 0.717) is 18.8 Å². The molecule has 0 aliphatic carbocycles. The number of unbranched alkanes of at least 4 members (excludes halogenated alkanes) is 1. The quantitative estimate of drug-likeness (QED) is 0.753. The molecule has 1 atom stereocenters. The Morgan fingerprint density at radius 2 is 2.12 bits per heavy atom. The van der Waals surface area contributed by atoms with Crippen LogP contribution < -0.4 is 0 Å². The molecular weight excluding hydrogens is 206 g/mol. The van der Waals surface area contributed by atoms with Gasteiger partial charge in [0, 0.05) is 25.9 Å². The Kier molecular flexibility index (Phi) is 5.29. The van der Waals surface area contributed by atoms with Gasteiger partial charge in [0.15, 0.2) is 0 Å². The van der Waals surface area contributed by atoms with Crippen LogP contribution in [0.25, 0.3) is 0 Å². The molecule has 1 unspecified atom stereocenters. The number of carbonyl (C=O) groups is 2. The minimum Gasteiger partial charge on any atom is -0.481 e. The highest BCUT2D eigenvalue weighted by molar-refractivity contribution is 5.76. The third kappa shape index (κ3) is 4.21. The van der Waals surface area contributed by atoms with Crippen LogP contribution in [-0.4, -0.2) is 35.0 Å². The van der Waals surface area contributed by atoms with E-state index in [-0.39, 0.29) is 12.3 Å². The normalized spacial score (nSPS) is 20.1. The second kappa shape index (κ2) is 6.51. The lowest BCUT2D eigenvalue weighted by atomic mass is 10.0. The maximum atomic E-state index is 11.7. The highest BCUT2D eigenvalue weighted by Crippen LogP contribution is 2.21. The summed E-state index contributed by atoms with van der Waals surface area (Å²) in [5, 5.41) is 8.58. The molecular formula is C12H21NO3. The first-order valence-corrected chi connectivity index (χ1v) is 6.13. The zero-order chi connectivity index (χ0) is 12.0. The minimum atomic E-state index is -0.740. The molecule has 16 heavy (non-hydrogen) atoms. The number of hydrogen-bond acceptors (Lipinski definition) is 2. The molecule has 1 rings (SSSR count). The third-order valence-corrected chi connectivity index (χ3v) is 3.15. The number of likely N-dealkylation sites (tertiary alicyclic amines) is 1. The molecule has 1 amide bonds. The third-order valence-electron chi connectivity index (χ3n) is 3.15. The van der Waals surface area contributed by atoms with Gasteiger partial charge in [0.1, 0.15) is 0 Å². The molecule has 1 fully saturated rings. The average molecular weight is 227 g/mol. The molecule has 0 aromatic rings. The topological polar surface area (TPSA) is 57.6 Å². The van der Waals surface area contributed by atoms with Crippen molar-refractivity contribution >= 4 is 11.9 Å². The van der Waals surface area contributed by atoms with E-state index >= 15 is 0 Å². The summed E-state index contributed by atoms with van der Waals surface area (Å²) in [5.41, 5.74) is 0. The lowest BCUT2D eigenvalue weighted by Crippen LogP contribution is -2.28. The fourth-order valence-electron chi connectivity index (χ4n) is 2.11. The predicted octanol–water partition coefficient (Wildman–Crippen LogP) is 1.89. The van der Waals surface area contributed by atoms with Gasteiger partial charge >= 0.3 is 5.97 Å². The van der Waals surface area contributed by atoms with E-state index < -0.39 is 5.97 Å². The fourth-order valence-corrected chi connectivity index (χ4v) is 2.11. The van der Waals surface area contributed by atoms with Crippen molar-refractivity contribution < 1.29 is 14.7 Å². The van der Waals surface area contributed by atoms with E-state index in [2.05, 4.69) is 6.92 Å². The Bertz CT molecular complexity index is 253. The summed E-state index contributed by atoms with van der Waals surface area (Å²) in [7, 11) is 0. The van der Waals surface area contributed by atoms with Gasteiger partial charge in [0.05, 0.1) is 0 Å². The molecule has 1 heterocycles. The minimum absolute atomic E-state index is 0.224. The summed E-state index contributed by atoms with van der Waals surface area (Å²) in [6, 6.07) is 0. The highest BCUT2D eigenvalue weighted by atomic mass is 16.4. The monoisotopic (exact) mass is 227 g/mol. The van der Waals surface area contributed by atoms with E-state index in [1.807, 2.05) is 4.90 Å². The number of rotatable bonds is 6. The van der Waals surface area contributed by atoms with Crippen molar-refractivity contribution in [3.8, 4) is 0 Å². The van der Waals surface area contributed by atoms with Crippen molar-refractivity contribution in [2.45, 2.75) is 45.4 Å². The molecule has 1 saturated heterocycles. The number of carbonyl (C=O) groups excluding carboxylic acids is 1. The van der Waals surface area contributed by atoms with E-state index in [4.69, 9.17) is 5.11 Å². The molecule has 0 saturated carbocycles. The smallest absolute Gasteiger partial charge is 0.303 e. The second-order valence-electron chi connectivity index (χ2n) is 4.53. The largest absolute Gasteiger partial charge is 0.481 e. The number of hydrogen-bond donors (Lipinski definition) is 1. The highest BCUT2D eigenvalue weighted by Gasteiger charge is 2.25. The van der Waals surface area contributed by atoms with Gasteiger partial charge in [0.25, 0.3) is 0 Å². The van der Waals surface area contributed by atoms with Crippen molar-refractivity contribution in [3.63, 3.8) is 0 Å². The number of carboxylic acids is 1. The molecule has 0 spiro atoms. The van der Waals surface area contributed by atoms with Gasteiger partial charge in [-0.2, -0.15) is 0 Å². The van der Waals surface area contributed by atoms with Gasteiger partial charge in [-0.05, 0) is 25.2 Å². The van der Waals surface area contributed by atoms with Crippen LogP contribution in [0.2, 0.25) is 0 Å². The second-order valence-corrected chi connectivity index (χ2v) is 4.53. The average Bonchev–Trinajstić information content (AvgIpc) is 2.71. The summed E-state index contributed by atoms with van der Waals surface area (Å²) in [4.78, 5) is 24.0. The van der Waals surface area contributed by atoms with Crippen LogP contribution in [0.1, 0.15) is 45.4 Å².